The highest BCUT2D eigenvalue weighted by Crippen LogP contribution is 2.23. The lowest BCUT2D eigenvalue weighted by molar-refractivity contribution is -0.116. The number of carbonyl (C=O) groups excluding carboxylic acids is 1. The standard InChI is InChI=1S/C16H18BrN3O/c1-3-4-16(21)20-15-8-7-13(10-18-15)19-12-6-5-11(2)14(17)9-12/h5-10,19H,3-4H2,1-2H3,(H,18,20,21). The Balaban J connectivity index is 2.01. The molecule has 21 heavy (non-hydrogen) atoms. The van der Waals surface area contributed by atoms with Crippen molar-refractivity contribution in [3.8, 4) is 0 Å². The van der Waals surface area contributed by atoms with E-state index in [2.05, 4.69) is 31.5 Å². The van der Waals surface area contributed by atoms with Gasteiger partial charge in [-0.05, 0) is 43.2 Å². The van der Waals surface area contributed by atoms with E-state index in [1.54, 1.807) is 12.3 Å². The molecule has 5 heteroatoms. The molecule has 2 rings (SSSR count). The van der Waals surface area contributed by atoms with Crippen molar-refractivity contribution in [1.29, 1.82) is 0 Å². The quantitative estimate of drug-likeness (QED) is 0.828. The monoisotopic (exact) mass is 347 g/mol. The van der Waals surface area contributed by atoms with E-state index < -0.39 is 0 Å². The average Bonchev–Trinajstić information content (AvgIpc) is 2.45. The number of anilines is 3. The average molecular weight is 348 g/mol. The van der Waals surface area contributed by atoms with Crippen LogP contribution in [0, 0.1) is 6.92 Å². The predicted molar refractivity (Wildman–Crippen MR) is 89.9 cm³/mol. The third-order valence-electron chi connectivity index (χ3n) is 2.97. The highest BCUT2D eigenvalue weighted by molar-refractivity contribution is 9.10. The highest BCUT2D eigenvalue weighted by Gasteiger charge is 2.03. The van der Waals surface area contributed by atoms with Crippen molar-refractivity contribution in [2.24, 2.45) is 0 Å². The second-order valence-corrected chi connectivity index (χ2v) is 5.67. The summed E-state index contributed by atoms with van der Waals surface area (Å²) in [5, 5.41) is 6.04. The first-order valence-corrected chi connectivity index (χ1v) is 7.67. The van der Waals surface area contributed by atoms with E-state index in [9.17, 15) is 4.79 Å². The minimum absolute atomic E-state index is 0.00632. The van der Waals surface area contributed by atoms with Crippen LogP contribution in [0.2, 0.25) is 0 Å². The Labute approximate surface area is 133 Å². The minimum atomic E-state index is -0.00632. The van der Waals surface area contributed by atoms with Gasteiger partial charge in [-0.25, -0.2) is 4.98 Å². The topological polar surface area (TPSA) is 54.0 Å². The van der Waals surface area contributed by atoms with E-state index >= 15 is 0 Å². The van der Waals surface area contributed by atoms with Gasteiger partial charge in [0.25, 0.3) is 0 Å². The zero-order valence-electron chi connectivity index (χ0n) is 12.1. The fourth-order valence-corrected chi connectivity index (χ4v) is 2.19. The minimum Gasteiger partial charge on any atom is -0.354 e. The zero-order chi connectivity index (χ0) is 15.2. The normalized spacial score (nSPS) is 10.2. The number of nitrogens with zero attached hydrogens (tertiary/aromatic N) is 1. The molecule has 0 fully saturated rings. The number of carbonyl (C=O) groups is 1. The van der Waals surface area contributed by atoms with E-state index in [1.165, 1.54) is 5.56 Å². The number of amides is 1. The van der Waals surface area contributed by atoms with Crippen LogP contribution in [0.15, 0.2) is 41.0 Å². The Hall–Kier alpha value is -1.88. The molecule has 0 unspecified atom stereocenters. The fourth-order valence-electron chi connectivity index (χ4n) is 1.81. The van der Waals surface area contributed by atoms with Gasteiger partial charge in [0, 0.05) is 16.6 Å². The molecule has 1 amide bonds. The van der Waals surface area contributed by atoms with Gasteiger partial charge in [0.1, 0.15) is 5.82 Å². The van der Waals surface area contributed by atoms with Gasteiger partial charge in [0.05, 0.1) is 11.9 Å². The number of aryl methyl sites for hydroxylation is 1. The molecule has 1 aromatic heterocycles. The van der Waals surface area contributed by atoms with Crippen molar-refractivity contribution in [1.82, 2.24) is 4.98 Å². The van der Waals surface area contributed by atoms with Gasteiger partial charge in [0.15, 0.2) is 0 Å². The SMILES string of the molecule is CCCC(=O)Nc1ccc(Nc2ccc(C)c(Br)c2)cn1. The number of halogens is 1. The van der Waals surface area contributed by atoms with Gasteiger partial charge < -0.3 is 10.6 Å². The first kappa shape index (κ1) is 15.5. The molecule has 0 aliphatic carbocycles. The molecule has 0 aliphatic heterocycles. The maximum Gasteiger partial charge on any atom is 0.225 e. The number of nitrogens with one attached hydrogen (secondary N) is 2. The van der Waals surface area contributed by atoms with Crippen molar-refractivity contribution in [2.45, 2.75) is 26.7 Å². The molecule has 1 aromatic carbocycles. The van der Waals surface area contributed by atoms with Crippen LogP contribution in [-0.2, 0) is 4.79 Å². The van der Waals surface area contributed by atoms with Crippen molar-refractivity contribution in [2.75, 3.05) is 10.6 Å². The van der Waals surface area contributed by atoms with E-state index in [0.717, 1.165) is 22.3 Å². The highest BCUT2D eigenvalue weighted by atomic mass is 79.9. The second kappa shape index (κ2) is 7.22. The van der Waals surface area contributed by atoms with Crippen LogP contribution in [0.1, 0.15) is 25.3 Å². The summed E-state index contributed by atoms with van der Waals surface area (Å²) < 4.78 is 1.06. The number of rotatable bonds is 5. The van der Waals surface area contributed by atoms with Crippen LogP contribution in [0.3, 0.4) is 0 Å². The van der Waals surface area contributed by atoms with Gasteiger partial charge in [0.2, 0.25) is 5.91 Å². The summed E-state index contributed by atoms with van der Waals surface area (Å²) in [6, 6.07) is 9.75. The van der Waals surface area contributed by atoms with Gasteiger partial charge in [-0.2, -0.15) is 0 Å². The second-order valence-electron chi connectivity index (χ2n) is 4.82. The summed E-state index contributed by atoms with van der Waals surface area (Å²) in [4.78, 5) is 15.7. The summed E-state index contributed by atoms with van der Waals surface area (Å²) in [5.74, 6) is 0.567. The molecule has 0 saturated heterocycles. The van der Waals surface area contributed by atoms with Crippen molar-refractivity contribution in [3.63, 3.8) is 0 Å². The van der Waals surface area contributed by atoms with E-state index in [-0.39, 0.29) is 5.91 Å². The Morgan fingerprint density at radius 2 is 2.00 bits per heavy atom. The van der Waals surface area contributed by atoms with Crippen molar-refractivity contribution >= 4 is 39.0 Å². The molecule has 1 heterocycles. The molecular weight excluding hydrogens is 330 g/mol. The lowest BCUT2D eigenvalue weighted by Crippen LogP contribution is -2.11. The van der Waals surface area contributed by atoms with Gasteiger partial charge >= 0.3 is 0 Å². The first-order valence-electron chi connectivity index (χ1n) is 6.87. The number of pyridine rings is 1. The first-order chi connectivity index (χ1) is 10.1. The molecule has 0 saturated carbocycles. The molecule has 2 N–H and O–H groups in total. The number of hydrogen-bond donors (Lipinski definition) is 2. The molecule has 0 radical (unpaired) electrons. The zero-order valence-corrected chi connectivity index (χ0v) is 13.7. The van der Waals surface area contributed by atoms with Crippen molar-refractivity contribution < 1.29 is 4.79 Å². The van der Waals surface area contributed by atoms with Crippen LogP contribution in [0.25, 0.3) is 0 Å². The third kappa shape index (κ3) is 4.56. The maximum atomic E-state index is 11.5. The Morgan fingerprint density at radius 1 is 1.24 bits per heavy atom. The van der Waals surface area contributed by atoms with Gasteiger partial charge in [-0.1, -0.05) is 28.9 Å². The molecule has 4 nitrogen and oxygen atoms in total. The fraction of sp³-hybridized carbons (Fsp3) is 0.250. The summed E-state index contributed by atoms with van der Waals surface area (Å²) in [5.41, 5.74) is 3.05. The van der Waals surface area contributed by atoms with Gasteiger partial charge in [-0.15, -0.1) is 0 Å². The predicted octanol–water partition coefficient (Wildman–Crippen LogP) is 4.63. The molecule has 110 valence electrons. The lowest BCUT2D eigenvalue weighted by Gasteiger charge is -2.09. The summed E-state index contributed by atoms with van der Waals surface area (Å²) in [7, 11) is 0. The summed E-state index contributed by atoms with van der Waals surface area (Å²) in [6.45, 7) is 4.02. The van der Waals surface area contributed by atoms with Crippen LogP contribution in [0.5, 0.6) is 0 Å². The largest absolute Gasteiger partial charge is 0.354 e. The van der Waals surface area contributed by atoms with E-state index in [4.69, 9.17) is 0 Å². The molecule has 2 aromatic rings. The van der Waals surface area contributed by atoms with Crippen molar-refractivity contribution in [3.05, 3.63) is 46.6 Å². The molecular formula is C16H18BrN3O. The Morgan fingerprint density at radius 3 is 2.62 bits per heavy atom. The smallest absolute Gasteiger partial charge is 0.225 e. The molecule has 0 atom stereocenters. The summed E-state index contributed by atoms with van der Waals surface area (Å²) >= 11 is 3.51. The Bertz CT molecular complexity index is 626. The summed E-state index contributed by atoms with van der Waals surface area (Å²) in [6.07, 6.45) is 3.04. The number of hydrogen-bond acceptors (Lipinski definition) is 3. The van der Waals surface area contributed by atoms with Crippen LogP contribution in [0.4, 0.5) is 17.2 Å². The molecule has 0 aliphatic rings. The molecule has 0 bridgehead atoms. The maximum absolute atomic E-state index is 11.5. The number of benzene rings is 1. The Kier molecular flexibility index (Phi) is 5.33. The van der Waals surface area contributed by atoms with Crippen LogP contribution >= 0.6 is 15.9 Å². The van der Waals surface area contributed by atoms with Crippen LogP contribution < -0.4 is 10.6 Å². The van der Waals surface area contributed by atoms with Crippen LogP contribution in [-0.4, -0.2) is 10.9 Å². The number of aromatic nitrogens is 1. The third-order valence-corrected chi connectivity index (χ3v) is 3.82. The van der Waals surface area contributed by atoms with Gasteiger partial charge in [-0.3, -0.25) is 4.79 Å². The lowest BCUT2D eigenvalue weighted by atomic mass is 10.2. The molecule has 0 spiro atoms. The van der Waals surface area contributed by atoms with E-state index in [0.29, 0.717) is 12.2 Å². The van der Waals surface area contributed by atoms with E-state index in [1.807, 2.05) is 38.1 Å².